The molecule has 4 rings (SSSR count). The fraction of sp³-hybridized carbons (Fsp3) is 0.379. The Kier molecular flexibility index (Phi) is 8.82. The summed E-state index contributed by atoms with van der Waals surface area (Å²) in [7, 11) is 1.61. The third-order valence-electron chi connectivity index (χ3n) is 7.30. The minimum atomic E-state index is -0.685. The van der Waals surface area contributed by atoms with Gasteiger partial charge in [0.2, 0.25) is 11.8 Å². The molecule has 1 fully saturated rings. The molecule has 196 valence electrons. The van der Waals surface area contributed by atoms with E-state index in [9.17, 15) is 9.59 Å². The smallest absolute Gasteiger partial charge is 0.240 e. The number of nitrogens with two attached hydrogens (primary N) is 2. The number of methoxy groups -OCH3 is 1. The highest BCUT2D eigenvalue weighted by Crippen LogP contribution is 2.28. The van der Waals surface area contributed by atoms with Gasteiger partial charge in [-0.3, -0.25) is 14.5 Å². The van der Waals surface area contributed by atoms with Gasteiger partial charge in [0, 0.05) is 37.7 Å². The van der Waals surface area contributed by atoms with Gasteiger partial charge in [-0.2, -0.15) is 0 Å². The maximum atomic E-state index is 13.4. The predicted octanol–water partition coefficient (Wildman–Crippen LogP) is 3.18. The molecule has 2 amide bonds. The van der Waals surface area contributed by atoms with Crippen LogP contribution >= 0.6 is 11.6 Å². The molecular formula is C29H35ClN4O3. The summed E-state index contributed by atoms with van der Waals surface area (Å²) in [6.07, 6.45) is 0.416. The van der Waals surface area contributed by atoms with E-state index in [4.69, 9.17) is 27.8 Å². The maximum absolute atomic E-state index is 13.4. The minimum Gasteiger partial charge on any atom is -0.382 e. The Hall–Kier alpha value is -2.97. The van der Waals surface area contributed by atoms with Crippen molar-refractivity contribution < 1.29 is 14.3 Å². The maximum Gasteiger partial charge on any atom is 0.240 e. The molecule has 0 radical (unpaired) electrons. The van der Waals surface area contributed by atoms with Gasteiger partial charge in [-0.1, -0.05) is 73.1 Å². The van der Waals surface area contributed by atoms with Crippen LogP contribution in [0.1, 0.15) is 24.0 Å². The number of halogens is 1. The van der Waals surface area contributed by atoms with Crippen molar-refractivity contribution in [1.82, 2.24) is 9.80 Å². The molecule has 4 unspecified atom stereocenters. The lowest BCUT2D eigenvalue weighted by atomic mass is 9.89. The fourth-order valence-electron chi connectivity index (χ4n) is 5.35. The lowest BCUT2D eigenvalue weighted by Gasteiger charge is -2.45. The average molecular weight is 523 g/mol. The van der Waals surface area contributed by atoms with Crippen LogP contribution in [0.15, 0.2) is 66.7 Å². The highest BCUT2D eigenvalue weighted by atomic mass is 35.5. The van der Waals surface area contributed by atoms with E-state index in [1.807, 2.05) is 31.2 Å². The SMILES string of the molecule is COCC1CN(C(C(N)=O)C(C)c2ccc3ccccc3c2)CCN1C(=O)C(N)Cc1ccc(Cl)cc1. The first kappa shape index (κ1) is 27.1. The van der Waals surface area contributed by atoms with Gasteiger partial charge in [0.15, 0.2) is 0 Å². The van der Waals surface area contributed by atoms with Gasteiger partial charge in [0.05, 0.1) is 24.7 Å². The second kappa shape index (κ2) is 12.0. The van der Waals surface area contributed by atoms with E-state index in [0.717, 1.165) is 21.9 Å². The van der Waals surface area contributed by atoms with Crippen LogP contribution in [-0.2, 0) is 20.7 Å². The second-order valence-corrected chi connectivity index (χ2v) is 10.3. The fourth-order valence-corrected chi connectivity index (χ4v) is 5.47. The number of ether oxygens (including phenoxy) is 1. The third kappa shape index (κ3) is 6.30. The van der Waals surface area contributed by atoms with Crippen LogP contribution in [0.25, 0.3) is 10.8 Å². The molecular weight excluding hydrogens is 488 g/mol. The zero-order chi connectivity index (χ0) is 26.5. The average Bonchev–Trinajstić information content (AvgIpc) is 2.89. The van der Waals surface area contributed by atoms with Crippen LogP contribution < -0.4 is 11.5 Å². The van der Waals surface area contributed by atoms with E-state index in [1.54, 1.807) is 24.1 Å². The number of carbonyl (C=O) groups is 2. The Morgan fingerprint density at radius 2 is 1.76 bits per heavy atom. The molecule has 4 atom stereocenters. The van der Waals surface area contributed by atoms with Gasteiger partial charge in [0.1, 0.15) is 0 Å². The summed E-state index contributed by atoms with van der Waals surface area (Å²) in [4.78, 5) is 30.0. The predicted molar refractivity (Wildman–Crippen MR) is 147 cm³/mol. The van der Waals surface area contributed by atoms with Crippen molar-refractivity contribution in [3.63, 3.8) is 0 Å². The van der Waals surface area contributed by atoms with Gasteiger partial charge >= 0.3 is 0 Å². The summed E-state index contributed by atoms with van der Waals surface area (Å²) < 4.78 is 5.46. The van der Waals surface area contributed by atoms with Crippen molar-refractivity contribution in [3.8, 4) is 0 Å². The van der Waals surface area contributed by atoms with Crippen molar-refractivity contribution in [2.75, 3.05) is 33.4 Å². The summed E-state index contributed by atoms with van der Waals surface area (Å²) >= 11 is 5.98. The van der Waals surface area contributed by atoms with Crippen molar-refractivity contribution in [2.45, 2.75) is 37.4 Å². The summed E-state index contributed by atoms with van der Waals surface area (Å²) in [5.41, 5.74) is 14.3. The number of fused-ring (bicyclic) bond motifs is 1. The van der Waals surface area contributed by atoms with Crippen LogP contribution in [-0.4, -0.2) is 73.1 Å². The molecule has 1 aliphatic rings. The number of piperazine rings is 1. The molecule has 0 aromatic heterocycles. The van der Waals surface area contributed by atoms with Gasteiger partial charge in [0.25, 0.3) is 0 Å². The first-order valence-electron chi connectivity index (χ1n) is 12.6. The highest BCUT2D eigenvalue weighted by molar-refractivity contribution is 6.30. The Bertz CT molecular complexity index is 1240. The quantitative estimate of drug-likeness (QED) is 0.449. The topological polar surface area (TPSA) is 102 Å². The highest BCUT2D eigenvalue weighted by Gasteiger charge is 2.39. The van der Waals surface area contributed by atoms with E-state index < -0.39 is 12.1 Å². The van der Waals surface area contributed by atoms with Gasteiger partial charge < -0.3 is 21.1 Å². The number of rotatable bonds is 9. The number of nitrogens with zero attached hydrogens (tertiary/aromatic N) is 2. The molecule has 0 saturated carbocycles. The molecule has 4 N–H and O–H groups in total. The molecule has 0 aliphatic carbocycles. The van der Waals surface area contributed by atoms with Gasteiger partial charge in [-0.05, 0) is 40.5 Å². The van der Waals surface area contributed by atoms with Crippen molar-refractivity contribution in [2.24, 2.45) is 11.5 Å². The Morgan fingerprint density at radius 1 is 1.05 bits per heavy atom. The Balaban J connectivity index is 1.49. The minimum absolute atomic E-state index is 0.125. The van der Waals surface area contributed by atoms with E-state index >= 15 is 0 Å². The number of hydrogen-bond donors (Lipinski definition) is 2. The zero-order valence-electron chi connectivity index (χ0n) is 21.3. The van der Waals surface area contributed by atoms with Crippen molar-refractivity contribution in [1.29, 1.82) is 0 Å². The Labute approximate surface area is 223 Å². The van der Waals surface area contributed by atoms with Crippen LogP contribution in [0.3, 0.4) is 0 Å². The summed E-state index contributed by atoms with van der Waals surface area (Å²) in [6, 6.07) is 20.3. The van der Waals surface area contributed by atoms with E-state index in [2.05, 4.69) is 35.2 Å². The number of primary amides is 1. The molecule has 37 heavy (non-hydrogen) atoms. The molecule has 1 saturated heterocycles. The summed E-state index contributed by atoms with van der Waals surface area (Å²) in [5, 5.41) is 2.91. The molecule has 8 heteroatoms. The molecule has 7 nitrogen and oxygen atoms in total. The van der Waals surface area contributed by atoms with Crippen LogP contribution in [0, 0.1) is 0 Å². The monoisotopic (exact) mass is 522 g/mol. The van der Waals surface area contributed by atoms with Gasteiger partial charge in [-0.15, -0.1) is 0 Å². The largest absolute Gasteiger partial charge is 0.382 e. The number of benzene rings is 3. The first-order chi connectivity index (χ1) is 17.8. The van der Waals surface area contributed by atoms with E-state index in [0.29, 0.717) is 37.7 Å². The van der Waals surface area contributed by atoms with Crippen LogP contribution in [0.4, 0.5) is 0 Å². The number of carbonyl (C=O) groups excluding carboxylic acids is 2. The Morgan fingerprint density at radius 3 is 2.43 bits per heavy atom. The summed E-state index contributed by atoms with van der Waals surface area (Å²) in [6.45, 7) is 3.80. The number of amides is 2. The lowest BCUT2D eigenvalue weighted by molar-refractivity contribution is -0.141. The van der Waals surface area contributed by atoms with Crippen LogP contribution in [0.2, 0.25) is 5.02 Å². The molecule has 0 spiro atoms. The molecule has 1 aliphatic heterocycles. The van der Waals surface area contributed by atoms with E-state index in [-0.39, 0.29) is 23.8 Å². The van der Waals surface area contributed by atoms with Crippen molar-refractivity contribution in [3.05, 3.63) is 82.9 Å². The lowest BCUT2D eigenvalue weighted by Crippen LogP contribution is -2.63. The zero-order valence-corrected chi connectivity index (χ0v) is 22.1. The normalized spacial score (nSPS) is 18.9. The van der Waals surface area contributed by atoms with Gasteiger partial charge in [-0.25, -0.2) is 0 Å². The summed E-state index contributed by atoms with van der Waals surface area (Å²) in [5.74, 6) is -0.634. The second-order valence-electron chi connectivity index (χ2n) is 9.82. The van der Waals surface area contributed by atoms with E-state index in [1.165, 1.54) is 0 Å². The standard InChI is InChI=1S/C29H35ClN4O3/c1-19(22-10-9-21-5-3-4-6-23(21)16-22)27(28(32)35)33-13-14-34(25(17-33)18-37-2)29(36)26(31)15-20-7-11-24(30)12-8-20/h3-12,16,19,25-27H,13-15,17-18,31H2,1-2H3,(H2,32,35). The van der Waals surface area contributed by atoms with Crippen LogP contribution in [0.5, 0.6) is 0 Å². The first-order valence-corrected chi connectivity index (χ1v) is 13.0. The molecule has 1 heterocycles. The molecule has 0 bridgehead atoms. The van der Waals surface area contributed by atoms with Crippen molar-refractivity contribution >= 4 is 34.2 Å². The molecule has 3 aromatic carbocycles. The third-order valence-corrected chi connectivity index (χ3v) is 7.55. The molecule has 3 aromatic rings. The number of hydrogen-bond acceptors (Lipinski definition) is 5.